The molecule has 154 valence electrons. The van der Waals surface area contributed by atoms with E-state index >= 15 is 0 Å². The lowest BCUT2D eigenvalue weighted by molar-refractivity contribution is -0.139. The third-order valence-corrected chi connectivity index (χ3v) is 7.25. The van der Waals surface area contributed by atoms with Crippen LogP contribution in [0, 0.1) is 0 Å². The lowest BCUT2D eigenvalue weighted by Crippen LogP contribution is -2.54. The largest absolute Gasteiger partial charge is 0.376 e. The Hall–Kier alpha value is -1.98. The van der Waals surface area contributed by atoms with Gasteiger partial charge in [-0.05, 0) is 48.9 Å². The molecule has 0 radical (unpaired) electrons. The number of piperidine rings is 1. The van der Waals surface area contributed by atoms with Gasteiger partial charge in [-0.15, -0.1) is 0 Å². The van der Waals surface area contributed by atoms with Gasteiger partial charge in [0.05, 0.1) is 11.7 Å². The first-order valence-electron chi connectivity index (χ1n) is 10.3. The maximum atomic E-state index is 11.9. The van der Waals surface area contributed by atoms with Gasteiger partial charge in [-0.3, -0.25) is 14.9 Å². The minimum atomic E-state index is -0.950. The predicted octanol–water partition coefficient (Wildman–Crippen LogP) is 5.60. The van der Waals surface area contributed by atoms with Crippen LogP contribution in [0.5, 0.6) is 0 Å². The van der Waals surface area contributed by atoms with Crippen LogP contribution in [-0.4, -0.2) is 31.7 Å². The zero-order chi connectivity index (χ0) is 20.7. The summed E-state index contributed by atoms with van der Waals surface area (Å²) < 4.78 is 0. The van der Waals surface area contributed by atoms with Gasteiger partial charge in [0.25, 0.3) is 0 Å². The van der Waals surface area contributed by atoms with Crippen molar-refractivity contribution in [2.75, 3.05) is 0 Å². The first kappa shape index (κ1) is 20.0. The zero-order valence-electron chi connectivity index (χ0n) is 16.5. The van der Waals surface area contributed by atoms with Crippen LogP contribution in [0.4, 0.5) is 0 Å². The highest BCUT2D eigenvalue weighted by Crippen LogP contribution is 2.54. The van der Waals surface area contributed by atoms with Crippen molar-refractivity contribution in [3.05, 3.63) is 94.0 Å². The van der Waals surface area contributed by atoms with E-state index in [0.717, 1.165) is 36.1 Å². The Kier molecular flexibility index (Phi) is 5.28. The average Bonchev–Trinajstić information content (AvgIpc) is 2.96. The van der Waals surface area contributed by atoms with Gasteiger partial charge in [-0.1, -0.05) is 59.6 Å². The molecule has 0 saturated carbocycles. The molecular formula is C24H23Cl2N3O. The molecule has 6 heteroatoms. The van der Waals surface area contributed by atoms with Gasteiger partial charge in [0.1, 0.15) is 5.72 Å². The Morgan fingerprint density at radius 3 is 2.23 bits per heavy atom. The fourth-order valence-electron chi connectivity index (χ4n) is 5.31. The predicted molar refractivity (Wildman–Crippen MR) is 119 cm³/mol. The number of aliphatic hydroxyl groups is 1. The molecule has 3 unspecified atom stereocenters. The topological polar surface area (TPSA) is 49.3 Å². The standard InChI is InChI=1S/C24H23Cl2N3O/c25-20-7-3-1-5-18(20)23(19-6-2-4-8-21(19)26)29-17-9-10-24(29,30)14-16(13-17)22-15-27-11-12-28-22/h1-8,11-12,15-17,23,30H,9-10,13-14H2. The molecule has 1 aromatic heterocycles. The Bertz CT molecular complexity index is 1000. The highest BCUT2D eigenvalue weighted by molar-refractivity contribution is 6.32. The zero-order valence-corrected chi connectivity index (χ0v) is 18.0. The maximum absolute atomic E-state index is 11.9. The molecule has 30 heavy (non-hydrogen) atoms. The van der Waals surface area contributed by atoms with E-state index in [1.54, 1.807) is 12.4 Å². The monoisotopic (exact) mass is 439 g/mol. The molecule has 1 N–H and O–H groups in total. The van der Waals surface area contributed by atoms with Gasteiger partial charge in [0, 0.05) is 40.6 Å². The van der Waals surface area contributed by atoms with Crippen molar-refractivity contribution in [2.24, 2.45) is 0 Å². The second kappa shape index (κ2) is 7.93. The Labute approximate surface area is 186 Å². The number of benzene rings is 2. The van der Waals surface area contributed by atoms with E-state index in [1.165, 1.54) is 0 Å². The van der Waals surface area contributed by atoms with E-state index in [9.17, 15) is 5.11 Å². The van der Waals surface area contributed by atoms with Crippen LogP contribution < -0.4 is 0 Å². The molecule has 2 aliphatic heterocycles. The molecule has 2 aromatic carbocycles. The summed E-state index contributed by atoms with van der Waals surface area (Å²) in [6.07, 6.45) is 8.43. The molecule has 3 aromatic rings. The number of fused-ring (bicyclic) bond motifs is 2. The van der Waals surface area contributed by atoms with E-state index in [2.05, 4.69) is 14.9 Å². The molecule has 2 bridgehead atoms. The molecule has 0 amide bonds. The second-order valence-electron chi connectivity index (χ2n) is 8.29. The van der Waals surface area contributed by atoms with Gasteiger partial charge in [-0.2, -0.15) is 0 Å². The van der Waals surface area contributed by atoms with E-state index in [1.807, 2.05) is 54.7 Å². The molecule has 3 heterocycles. The Balaban J connectivity index is 1.59. The number of aromatic nitrogens is 2. The van der Waals surface area contributed by atoms with Crippen LogP contribution in [-0.2, 0) is 0 Å². The van der Waals surface area contributed by atoms with E-state index in [-0.39, 0.29) is 18.0 Å². The fourth-order valence-corrected chi connectivity index (χ4v) is 5.79. The van der Waals surface area contributed by atoms with E-state index in [4.69, 9.17) is 23.2 Å². The Morgan fingerprint density at radius 1 is 1.00 bits per heavy atom. The molecule has 4 nitrogen and oxygen atoms in total. The van der Waals surface area contributed by atoms with Crippen molar-refractivity contribution in [3.8, 4) is 0 Å². The lowest BCUT2D eigenvalue weighted by Gasteiger charge is -2.48. The molecule has 3 atom stereocenters. The van der Waals surface area contributed by atoms with Crippen LogP contribution in [0.2, 0.25) is 10.0 Å². The van der Waals surface area contributed by atoms with Crippen LogP contribution in [0.1, 0.15) is 54.5 Å². The third-order valence-electron chi connectivity index (χ3n) is 6.56. The van der Waals surface area contributed by atoms with Crippen LogP contribution in [0.15, 0.2) is 67.1 Å². The van der Waals surface area contributed by atoms with Crippen LogP contribution in [0.25, 0.3) is 0 Å². The molecular weight excluding hydrogens is 417 g/mol. The number of hydrogen-bond acceptors (Lipinski definition) is 4. The smallest absolute Gasteiger partial charge is 0.120 e. The van der Waals surface area contributed by atoms with Crippen LogP contribution in [0.3, 0.4) is 0 Å². The molecule has 0 aliphatic carbocycles. The summed E-state index contributed by atoms with van der Waals surface area (Å²) in [7, 11) is 0. The summed E-state index contributed by atoms with van der Waals surface area (Å²) in [5.74, 6) is 0.186. The summed E-state index contributed by atoms with van der Waals surface area (Å²) in [5.41, 5.74) is 1.94. The van der Waals surface area contributed by atoms with Gasteiger partial charge >= 0.3 is 0 Å². The minimum absolute atomic E-state index is 0.186. The van der Waals surface area contributed by atoms with Gasteiger partial charge < -0.3 is 5.11 Å². The van der Waals surface area contributed by atoms with E-state index < -0.39 is 5.72 Å². The molecule has 2 aliphatic rings. The first-order valence-corrected chi connectivity index (χ1v) is 11.1. The first-order chi connectivity index (χ1) is 14.6. The van der Waals surface area contributed by atoms with Crippen molar-refractivity contribution in [1.82, 2.24) is 14.9 Å². The molecule has 2 fully saturated rings. The Morgan fingerprint density at radius 2 is 1.67 bits per heavy atom. The number of rotatable bonds is 4. The highest BCUT2D eigenvalue weighted by Gasteiger charge is 2.54. The van der Waals surface area contributed by atoms with Gasteiger partial charge in [-0.25, -0.2) is 0 Å². The number of halogens is 2. The van der Waals surface area contributed by atoms with Crippen molar-refractivity contribution in [2.45, 2.75) is 49.4 Å². The average molecular weight is 440 g/mol. The summed E-state index contributed by atoms with van der Waals surface area (Å²) >= 11 is 13.3. The maximum Gasteiger partial charge on any atom is 0.120 e. The summed E-state index contributed by atoms with van der Waals surface area (Å²) in [4.78, 5) is 11.0. The highest BCUT2D eigenvalue weighted by atomic mass is 35.5. The van der Waals surface area contributed by atoms with Gasteiger partial charge in [0.15, 0.2) is 0 Å². The summed E-state index contributed by atoms with van der Waals surface area (Å²) in [6, 6.07) is 15.7. The lowest BCUT2D eigenvalue weighted by atomic mass is 9.83. The van der Waals surface area contributed by atoms with Crippen molar-refractivity contribution in [3.63, 3.8) is 0 Å². The third kappa shape index (κ3) is 3.42. The molecule has 2 saturated heterocycles. The molecule has 5 rings (SSSR count). The van der Waals surface area contributed by atoms with Gasteiger partial charge in [0.2, 0.25) is 0 Å². The summed E-state index contributed by atoms with van der Waals surface area (Å²) in [6.45, 7) is 0. The number of nitrogens with zero attached hydrogens (tertiary/aromatic N) is 3. The second-order valence-corrected chi connectivity index (χ2v) is 9.11. The fraction of sp³-hybridized carbons (Fsp3) is 0.333. The quantitative estimate of drug-likeness (QED) is 0.574. The van der Waals surface area contributed by atoms with Crippen LogP contribution >= 0.6 is 23.2 Å². The van der Waals surface area contributed by atoms with Crippen molar-refractivity contribution < 1.29 is 5.11 Å². The SMILES string of the molecule is OC12CCC(CC(c3cnccn3)C1)N2C(c1ccccc1Cl)c1ccccc1Cl. The van der Waals surface area contributed by atoms with Crippen molar-refractivity contribution >= 4 is 23.2 Å². The van der Waals surface area contributed by atoms with Crippen molar-refractivity contribution in [1.29, 1.82) is 0 Å². The minimum Gasteiger partial charge on any atom is -0.376 e. The molecule has 0 spiro atoms. The summed E-state index contributed by atoms with van der Waals surface area (Å²) in [5, 5.41) is 13.2. The number of hydrogen-bond donors (Lipinski definition) is 1. The van der Waals surface area contributed by atoms with E-state index in [0.29, 0.717) is 16.5 Å². The normalized spacial score (nSPS) is 26.3.